The molecule has 5 nitrogen and oxygen atoms in total. The molecule has 1 spiro atoms. The Labute approximate surface area is 136 Å². The van der Waals surface area contributed by atoms with Crippen LogP contribution in [0.3, 0.4) is 0 Å². The lowest BCUT2D eigenvalue weighted by Crippen LogP contribution is -2.62. The molecular formula is C18H23NO4. The molecular weight excluding hydrogens is 294 g/mol. The molecule has 0 bridgehead atoms. The number of methoxy groups -OCH3 is 1. The lowest BCUT2D eigenvalue weighted by Gasteiger charge is -2.49. The predicted octanol–water partition coefficient (Wildman–Crippen LogP) is 1.73. The number of rotatable bonds is 1. The Balaban J connectivity index is 1.74. The van der Waals surface area contributed by atoms with Gasteiger partial charge in [0.15, 0.2) is 5.72 Å². The van der Waals surface area contributed by atoms with Crippen LogP contribution in [-0.4, -0.2) is 36.7 Å². The first-order valence-electron chi connectivity index (χ1n) is 8.51. The Morgan fingerprint density at radius 3 is 3.09 bits per heavy atom. The van der Waals surface area contributed by atoms with E-state index in [2.05, 4.69) is 17.5 Å². The number of allylic oxidation sites excluding steroid dienone is 3. The van der Waals surface area contributed by atoms with E-state index >= 15 is 0 Å². The van der Waals surface area contributed by atoms with E-state index in [1.807, 2.05) is 6.92 Å². The van der Waals surface area contributed by atoms with E-state index in [1.165, 1.54) is 12.7 Å². The molecule has 2 fully saturated rings. The van der Waals surface area contributed by atoms with Crippen LogP contribution in [-0.2, 0) is 19.1 Å². The van der Waals surface area contributed by atoms with Crippen LogP contribution in [0.2, 0.25) is 0 Å². The maximum Gasteiger partial charge on any atom is 0.325 e. The molecule has 0 aromatic carbocycles. The SMILES string of the molecule is COC(=O)[C@H]1N[C@@]2(O[C@@H]1C)C(=O)C=C1CCC[C@H]3C=CC[C@@H]2[C@@H]13. The standard InChI is InChI=1S/C18H23NO4/c1-10-16(17(21)22-2)19-18(23-10)13-8-4-6-11-5-3-7-12(15(11)13)9-14(18)20/h4,6,9-11,13,15-16,19H,3,5,7-8H2,1-2H3/t10-,11+,13-,15-,16+,18+/m1/s1. The van der Waals surface area contributed by atoms with Gasteiger partial charge in [0.2, 0.25) is 5.78 Å². The Hall–Kier alpha value is -1.46. The number of nitrogens with one attached hydrogen (secondary N) is 1. The summed E-state index contributed by atoms with van der Waals surface area (Å²) in [5, 5.41) is 3.22. The number of hydrogen-bond donors (Lipinski definition) is 1. The van der Waals surface area contributed by atoms with Gasteiger partial charge in [0.25, 0.3) is 0 Å². The number of carbonyl (C=O) groups is 2. The molecule has 4 rings (SSSR count). The molecule has 0 amide bonds. The molecule has 0 aromatic heterocycles. The number of fused-ring (bicyclic) bond motifs is 1. The van der Waals surface area contributed by atoms with E-state index in [4.69, 9.17) is 9.47 Å². The van der Waals surface area contributed by atoms with E-state index in [1.54, 1.807) is 6.08 Å². The third-order valence-electron chi connectivity index (χ3n) is 5.97. The van der Waals surface area contributed by atoms with Crippen molar-refractivity contribution in [3.8, 4) is 0 Å². The quantitative estimate of drug-likeness (QED) is 0.589. The van der Waals surface area contributed by atoms with E-state index in [-0.39, 0.29) is 23.8 Å². The average Bonchev–Trinajstić information content (AvgIpc) is 2.91. The molecule has 1 saturated carbocycles. The van der Waals surface area contributed by atoms with Crippen molar-refractivity contribution in [2.45, 2.75) is 50.5 Å². The summed E-state index contributed by atoms with van der Waals surface area (Å²) < 4.78 is 11.0. The van der Waals surface area contributed by atoms with Crippen LogP contribution in [0.4, 0.5) is 0 Å². The zero-order chi connectivity index (χ0) is 16.2. The first kappa shape index (κ1) is 15.1. The highest BCUT2D eigenvalue weighted by molar-refractivity contribution is 6.00. The van der Waals surface area contributed by atoms with Gasteiger partial charge < -0.3 is 9.47 Å². The van der Waals surface area contributed by atoms with Crippen molar-refractivity contribution in [3.63, 3.8) is 0 Å². The zero-order valence-corrected chi connectivity index (χ0v) is 13.6. The number of hydrogen-bond acceptors (Lipinski definition) is 5. The predicted molar refractivity (Wildman–Crippen MR) is 83.4 cm³/mol. The van der Waals surface area contributed by atoms with Crippen LogP contribution in [0.25, 0.3) is 0 Å². The minimum atomic E-state index is -1.08. The van der Waals surface area contributed by atoms with Gasteiger partial charge in [0, 0.05) is 5.92 Å². The van der Waals surface area contributed by atoms with Crippen LogP contribution >= 0.6 is 0 Å². The molecule has 0 radical (unpaired) electrons. The fourth-order valence-corrected chi connectivity index (χ4v) is 4.97. The third-order valence-corrected chi connectivity index (χ3v) is 5.97. The van der Waals surface area contributed by atoms with Gasteiger partial charge in [-0.25, -0.2) is 0 Å². The lowest BCUT2D eigenvalue weighted by atomic mass is 9.59. The molecule has 1 aliphatic heterocycles. The second-order valence-corrected chi connectivity index (χ2v) is 7.14. The first-order chi connectivity index (χ1) is 11.1. The molecule has 1 saturated heterocycles. The van der Waals surface area contributed by atoms with Crippen LogP contribution in [0, 0.1) is 17.8 Å². The zero-order valence-electron chi connectivity index (χ0n) is 13.6. The van der Waals surface area contributed by atoms with Crippen molar-refractivity contribution in [1.29, 1.82) is 0 Å². The first-order valence-corrected chi connectivity index (χ1v) is 8.51. The van der Waals surface area contributed by atoms with Crippen molar-refractivity contribution < 1.29 is 19.1 Å². The van der Waals surface area contributed by atoms with Crippen LogP contribution in [0.15, 0.2) is 23.8 Å². The highest BCUT2D eigenvalue weighted by Gasteiger charge is 2.61. The molecule has 5 heteroatoms. The Morgan fingerprint density at radius 2 is 2.30 bits per heavy atom. The van der Waals surface area contributed by atoms with E-state index in [0.29, 0.717) is 11.8 Å². The summed E-state index contributed by atoms with van der Waals surface area (Å²) in [4.78, 5) is 24.9. The topological polar surface area (TPSA) is 64.6 Å². The number of ketones is 1. The lowest BCUT2D eigenvalue weighted by molar-refractivity contribution is -0.156. The molecule has 3 aliphatic carbocycles. The number of ether oxygens (including phenoxy) is 2. The summed E-state index contributed by atoms with van der Waals surface area (Å²) in [6, 6.07) is -0.591. The molecule has 124 valence electrons. The monoisotopic (exact) mass is 317 g/mol. The second kappa shape index (κ2) is 5.28. The minimum Gasteiger partial charge on any atom is -0.468 e. The highest BCUT2D eigenvalue weighted by atomic mass is 16.6. The molecule has 0 unspecified atom stereocenters. The molecule has 0 aromatic rings. The van der Waals surface area contributed by atoms with Gasteiger partial charge in [0.1, 0.15) is 6.04 Å². The highest BCUT2D eigenvalue weighted by Crippen LogP contribution is 2.52. The molecule has 1 N–H and O–H groups in total. The van der Waals surface area contributed by atoms with Gasteiger partial charge in [-0.1, -0.05) is 17.7 Å². The van der Waals surface area contributed by atoms with Crippen molar-refractivity contribution >= 4 is 11.8 Å². The molecule has 6 atom stereocenters. The molecule has 23 heavy (non-hydrogen) atoms. The Morgan fingerprint density at radius 1 is 1.48 bits per heavy atom. The molecule has 4 aliphatic rings. The summed E-state index contributed by atoms with van der Waals surface area (Å²) in [6.07, 6.45) is 9.99. The van der Waals surface area contributed by atoms with Gasteiger partial charge in [-0.3, -0.25) is 14.9 Å². The van der Waals surface area contributed by atoms with E-state index < -0.39 is 11.8 Å². The third kappa shape index (κ3) is 2.06. The summed E-state index contributed by atoms with van der Waals surface area (Å²) in [7, 11) is 1.36. The van der Waals surface area contributed by atoms with E-state index in [9.17, 15) is 9.59 Å². The van der Waals surface area contributed by atoms with Crippen molar-refractivity contribution in [1.82, 2.24) is 5.32 Å². The number of carbonyl (C=O) groups excluding carboxylic acids is 2. The summed E-state index contributed by atoms with van der Waals surface area (Å²) in [5.74, 6) is 0.480. The van der Waals surface area contributed by atoms with Gasteiger partial charge in [0.05, 0.1) is 13.2 Å². The largest absolute Gasteiger partial charge is 0.468 e. The van der Waals surface area contributed by atoms with Crippen molar-refractivity contribution in [2.75, 3.05) is 7.11 Å². The fraction of sp³-hybridized carbons (Fsp3) is 0.667. The van der Waals surface area contributed by atoms with Crippen molar-refractivity contribution in [2.24, 2.45) is 17.8 Å². The van der Waals surface area contributed by atoms with Crippen LogP contribution in [0.1, 0.15) is 32.6 Å². The van der Waals surface area contributed by atoms with Gasteiger partial charge in [-0.05, 0) is 50.5 Å². The number of esters is 1. The van der Waals surface area contributed by atoms with Gasteiger partial charge in [-0.15, -0.1) is 0 Å². The van der Waals surface area contributed by atoms with Crippen LogP contribution < -0.4 is 5.32 Å². The maximum atomic E-state index is 12.9. The normalized spacial score (nSPS) is 44.9. The second-order valence-electron chi connectivity index (χ2n) is 7.14. The minimum absolute atomic E-state index is 0.0389. The summed E-state index contributed by atoms with van der Waals surface area (Å²) >= 11 is 0. The Bertz CT molecular complexity index is 610. The van der Waals surface area contributed by atoms with E-state index in [0.717, 1.165) is 25.7 Å². The smallest absolute Gasteiger partial charge is 0.325 e. The van der Waals surface area contributed by atoms with Crippen LogP contribution in [0.5, 0.6) is 0 Å². The fourth-order valence-electron chi connectivity index (χ4n) is 4.97. The Kier molecular flexibility index (Phi) is 3.46. The van der Waals surface area contributed by atoms with Gasteiger partial charge in [-0.2, -0.15) is 0 Å². The maximum absolute atomic E-state index is 12.9. The van der Waals surface area contributed by atoms with Crippen molar-refractivity contribution in [3.05, 3.63) is 23.8 Å². The summed E-state index contributed by atoms with van der Waals surface area (Å²) in [6.45, 7) is 1.83. The summed E-state index contributed by atoms with van der Waals surface area (Å²) in [5.41, 5.74) is 0.193. The average molecular weight is 317 g/mol. The van der Waals surface area contributed by atoms with Gasteiger partial charge >= 0.3 is 5.97 Å². The molecule has 1 heterocycles.